The van der Waals surface area contributed by atoms with Crippen molar-refractivity contribution < 1.29 is 17.9 Å². The molecular weight excluding hydrogens is 161 g/mol. The van der Waals surface area contributed by atoms with Gasteiger partial charge in [-0.1, -0.05) is 0 Å². The maximum absolute atomic E-state index is 11.4. The van der Waals surface area contributed by atoms with Crippen LogP contribution in [0.25, 0.3) is 0 Å². The van der Waals surface area contributed by atoms with Gasteiger partial charge in [-0.05, 0) is 0 Å². The molecule has 6 heteroatoms. The first-order chi connectivity index (χ1) is 5.08. The summed E-state index contributed by atoms with van der Waals surface area (Å²) in [5.74, 6) is -0.611. The van der Waals surface area contributed by atoms with Gasteiger partial charge in [0.1, 0.15) is 6.20 Å². The number of halogens is 3. The summed E-state index contributed by atoms with van der Waals surface area (Å²) in [6, 6.07) is 0. The highest BCUT2D eigenvalue weighted by atomic mass is 19.4. The van der Waals surface area contributed by atoms with Gasteiger partial charge in [-0.3, -0.25) is 4.98 Å². The molecule has 3 nitrogen and oxygen atoms in total. The Kier molecular flexibility index (Phi) is 1.93. The van der Waals surface area contributed by atoms with Gasteiger partial charge in [0.15, 0.2) is 0 Å². The van der Waals surface area contributed by atoms with Crippen molar-refractivity contribution in [1.82, 2.24) is 9.97 Å². The number of nitrogens with zero attached hydrogens (tertiary/aromatic N) is 2. The molecule has 0 aliphatic carbocycles. The number of ether oxygens (including phenoxy) is 1. The fourth-order valence-electron chi connectivity index (χ4n) is 0.423. The average molecular weight is 163 g/mol. The summed E-state index contributed by atoms with van der Waals surface area (Å²) in [5, 5.41) is 0. The Bertz CT molecular complexity index is 223. The summed E-state index contributed by atoms with van der Waals surface area (Å²) in [6.45, 7) is 0. The van der Waals surface area contributed by atoms with Crippen LogP contribution in [0.3, 0.4) is 0 Å². The van der Waals surface area contributed by atoms with Crippen molar-refractivity contribution in [3.8, 4) is 5.88 Å². The third-order valence-electron chi connectivity index (χ3n) is 0.712. The fourth-order valence-corrected chi connectivity index (χ4v) is 0.423. The standard InChI is InChI=1S/C5H2F3N2O/c6-5(7,8)11-4-3-9-1-2-10-4/h1,3H. The Labute approximate surface area is 59.8 Å². The minimum Gasteiger partial charge on any atom is -0.386 e. The molecule has 1 heterocycles. The van der Waals surface area contributed by atoms with Crippen molar-refractivity contribution in [1.29, 1.82) is 0 Å². The number of alkyl halides is 3. The number of hydrogen-bond acceptors (Lipinski definition) is 3. The van der Waals surface area contributed by atoms with E-state index in [0.717, 1.165) is 12.4 Å². The lowest BCUT2D eigenvalue weighted by Gasteiger charge is -2.05. The van der Waals surface area contributed by atoms with Crippen molar-refractivity contribution in [3.63, 3.8) is 0 Å². The van der Waals surface area contributed by atoms with Crippen LogP contribution in [-0.2, 0) is 0 Å². The van der Waals surface area contributed by atoms with Gasteiger partial charge in [0.2, 0.25) is 5.88 Å². The molecule has 1 aromatic rings. The largest absolute Gasteiger partial charge is 0.574 e. The van der Waals surface area contributed by atoms with Crippen LogP contribution in [0.1, 0.15) is 0 Å². The number of rotatable bonds is 1. The molecule has 0 N–H and O–H groups in total. The zero-order valence-corrected chi connectivity index (χ0v) is 5.09. The van der Waals surface area contributed by atoms with E-state index in [1.807, 2.05) is 0 Å². The lowest BCUT2D eigenvalue weighted by atomic mass is 10.7. The van der Waals surface area contributed by atoms with Crippen LogP contribution in [0.4, 0.5) is 13.2 Å². The molecule has 11 heavy (non-hydrogen) atoms. The van der Waals surface area contributed by atoms with Crippen LogP contribution >= 0.6 is 0 Å². The molecule has 0 unspecified atom stereocenters. The molecule has 1 radical (unpaired) electrons. The highest BCUT2D eigenvalue weighted by Gasteiger charge is 2.31. The summed E-state index contributed by atoms with van der Waals surface area (Å²) in [7, 11) is 0. The molecule has 0 atom stereocenters. The second-order valence-electron chi connectivity index (χ2n) is 1.53. The molecule has 0 amide bonds. The van der Waals surface area contributed by atoms with E-state index in [0.29, 0.717) is 0 Å². The molecule has 59 valence electrons. The van der Waals surface area contributed by atoms with Gasteiger partial charge in [0, 0.05) is 0 Å². The molecule has 0 aromatic carbocycles. The monoisotopic (exact) mass is 163 g/mol. The Morgan fingerprint density at radius 3 is 2.64 bits per heavy atom. The fraction of sp³-hybridized carbons (Fsp3) is 0.200. The third kappa shape index (κ3) is 2.83. The smallest absolute Gasteiger partial charge is 0.386 e. The molecule has 0 bridgehead atoms. The van der Waals surface area contributed by atoms with Gasteiger partial charge in [0.25, 0.3) is 0 Å². The predicted molar refractivity (Wildman–Crippen MR) is 27.6 cm³/mol. The maximum Gasteiger partial charge on any atom is 0.574 e. The first-order valence-corrected chi connectivity index (χ1v) is 2.52. The highest BCUT2D eigenvalue weighted by Crippen LogP contribution is 2.18. The Hall–Kier alpha value is -1.33. The molecule has 1 rings (SSSR count). The molecule has 0 aliphatic heterocycles. The first kappa shape index (κ1) is 7.77. The van der Waals surface area contributed by atoms with E-state index in [1.54, 1.807) is 0 Å². The van der Waals surface area contributed by atoms with E-state index in [-0.39, 0.29) is 0 Å². The second kappa shape index (κ2) is 2.73. The Morgan fingerprint density at radius 2 is 2.18 bits per heavy atom. The summed E-state index contributed by atoms with van der Waals surface area (Å²) in [5.41, 5.74) is 0. The Morgan fingerprint density at radius 1 is 1.45 bits per heavy atom. The number of aromatic nitrogens is 2. The van der Waals surface area contributed by atoms with Crippen LogP contribution in [-0.4, -0.2) is 16.3 Å². The zero-order chi connectivity index (χ0) is 8.32. The summed E-state index contributed by atoms with van der Waals surface area (Å²) >= 11 is 0. The van der Waals surface area contributed by atoms with E-state index >= 15 is 0 Å². The second-order valence-corrected chi connectivity index (χ2v) is 1.53. The minimum atomic E-state index is -4.72. The normalized spacial score (nSPS) is 11.2. The van der Waals surface area contributed by atoms with Crippen LogP contribution in [0.5, 0.6) is 5.88 Å². The summed E-state index contributed by atoms with van der Waals surface area (Å²) in [6.07, 6.45) is -0.642. The van der Waals surface area contributed by atoms with Crippen molar-refractivity contribution >= 4 is 0 Å². The van der Waals surface area contributed by atoms with Crippen molar-refractivity contribution in [2.75, 3.05) is 0 Å². The lowest BCUT2D eigenvalue weighted by Crippen LogP contribution is -2.17. The van der Waals surface area contributed by atoms with Crippen molar-refractivity contribution in [3.05, 3.63) is 18.6 Å². The summed E-state index contributed by atoms with van der Waals surface area (Å²) in [4.78, 5) is 6.46. The maximum atomic E-state index is 11.4. The van der Waals surface area contributed by atoms with Gasteiger partial charge < -0.3 is 4.74 Å². The molecule has 1 aromatic heterocycles. The molecule has 0 saturated heterocycles. The zero-order valence-electron chi connectivity index (χ0n) is 5.09. The van der Waals surface area contributed by atoms with Gasteiger partial charge in [0.05, 0.1) is 12.4 Å². The van der Waals surface area contributed by atoms with Crippen LogP contribution in [0.15, 0.2) is 12.4 Å². The SMILES string of the molecule is FC(F)(F)Oc1cnc[c]n1. The van der Waals surface area contributed by atoms with E-state index < -0.39 is 12.2 Å². The van der Waals surface area contributed by atoms with E-state index in [2.05, 4.69) is 20.9 Å². The Balaban J connectivity index is 2.66. The molecular formula is C5H2F3N2O. The van der Waals surface area contributed by atoms with Crippen LogP contribution in [0.2, 0.25) is 0 Å². The molecule has 0 saturated carbocycles. The van der Waals surface area contributed by atoms with Gasteiger partial charge in [-0.25, -0.2) is 4.98 Å². The average Bonchev–Trinajstić information content (AvgIpc) is 1.85. The van der Waals surface area contributed by atoms with Gasteiger partial charge in [-0.15, -0.1) is 13.2 Å². The van der Waals surface area contributed by atoms with E-state index in [9.17, 15) is 13.2 Å². The molecule has 0 fully saturated rings. The summed E-state index contributed by atoms with van der Waals surface area (Å²) < 4.78 is 37.7. The van der Waals surface area contributed by atoms with Crippen LogP contribution in [0, 0.1) is 6.20 Å². The topological polar surface area (TPSA) is 35.0 Å². The molecule has 0 spiro atoms. The van der Waals surface area contributed by atoms with Crippen molar-refractivity contribution in [2.24, 2.45) is 0 Å². The van der Waals surface area contributed by atoms with Crippen LogP contribution < -0.4 is 4.74 Å². The molecule has 0 aliphatic rings. The highest BCUT2D eigenvalue weighted by molar-refractivity contribution is 5.00. The van der Waals surface area contributed by atoms with E-state index in [1.165, 1.54) is 0 Å². The number of hydrogen-bond donors (Lipinski definition) is 0. The predicted octanol–water partition coefficient (Wildman–Crippen LogP) is 1.18. The first-order valence-electron chi connectivity index (χ1n) is 2.52. The van der Waals surface area contributed by atoms with Gasteiger partial charge in [-0.2, -0.15) is 0 Å². The van der Waals surface area contributed by atoms with E-state index in [4.69, 9.17) is 0 Å². The van der Waals surface area contributed by atoms with Crippen molar-refractivity contribution in [2.45, 2.75) is 6.36 Å². The third-order valence-corrected chi connectivity index (χ3v) is 0.712. The quantitative estimate of drug-likeness (QED) is 0.623. The lowest BCUT2D eigenvalue weighted by molar-refractivity contribution is -0.276. The van der Waals surface area contributed by atoms with Gasteiger partial charge >= 0.3 is 6.36 Å². The minimum absolute atomic E-state index is 0.611.